The van der Waals surface area contributed by atoms with Gasteiger partial charge in [0.2, 0.25) is 0 Å². The maximum absolute atomic E-state index is 11.3. The zero-order valence-corrected chi connectivity index (χ0v) is 10.6. The van der Waals surface area contributed by atoms with Crippen molar-refractivity contribution in [1.82, 2.24) is 5.32 Å². The number of morpholine rings is 1. The van der Waals surface area contributed by atoms with E-state index in [0.29, 0.717) is 19.4 Å². The largest absolute Gasteiger partial charge is 0.468 e. The highest BCUT2D eigenvalue weighted by atomic mass is 32.2. The van der Waals surface area contributed by atoms with E-state index in [1.165, 1.54) is 7.11 Å². The average molecular weight is 263 g/mol. The number of hydrogen-bond acceptors (Lipinski definition) is 6. The van der Waals surface area contributed by atoms with E-state index in [4.69, 9.17) is 4.74 Å². The lowest BCUT2D eigenvalue weighted by molar-refractivity contribution is -0.153. The molecule has 1 unspecified atom stereocenters. The lowest BCUT2D eigenvalue weighted by atomic mass is 9.94. The van der Waals surface area contributed by atoms with Crippen LogP contribution in [0.15, 0.2) is 0 Å². The Morgan fingerprint density at radius 2 is 2.06 bits per heavy atom. The fraction of sp³-hybridized carbons (Fsp3) is 0.900. The van der Waals surface area contributed by atoms with Crippen molar-refractivity contribution in [3.05, 3.63) is 0 Å². The number of sulfone groups is 1. The molecule has 0 bridgehead atoms. The van der Waals surface area contributed by atoms with Gasteiger partial charge in [-0.1, -0.05) is 0 Å². The maximum atomic E-state index is 11.3. The van der Waals surface area contributed by atoms with Gasteiger partial charge in [0, 0.05) is 6.54 Å². The van der Waals surface area contributed by atoms with Crippen molar-refractivity contribution in [2.24, 2.45) is 0 Å². The topological polar surface area (TPSA) is 81.7 Å². The zero-order valence-electron chi connectivity index (χ0n) is 9.77. The number of rotatable bonds is 1. The molecule has 0 saturated carbocycles. The van der Waals surface area contributed by atoms with Gasteiger partial charge in [0.1, 0.15) is 6.04 Å². The summed E-state index contributed by atoms with van der Waals surface area (Å²) in [5.74, 6) is -0.0157. The van der Waals surface area contributed by atoms with Gasteiger partial charge in [-0.2, -0.15) is 0 Å². The van der Waals surface area contributed by atoms with Gasteiger partial charge in [-0.05, 0) is 12.8 Å². The summed E-state index contributed by atoms with van der Waals surface area (Å²) in [6.45, 7) is 0.745. The summed E-state index contributed by atoms with van der Waals surface area (Å²) in [5.41, 5.74) is -0.421. The molecule has 2 saturated heterocycles. The quantitative estimate of drug-likeness (QED) is 0.617. The summed E-state index contributed by atoms with van der Waals surface area (Å²) < 4.78 is 33.0. The summed E-state index contributed by atoms with van der Waals surface area (Å²) in [6, 6.07) is -0.441. The van der Waals surface area contributed by atoms with Crippen molar-refractivity contribution in [2.75, 3.05) is 31.8 Å². The Bertz CT molecular complexity index is 381. The van der Waals surface area contributed by atoms with Crippen molar-refractivity contribution in [3.63, 3.8) is 0 Å². The summed E-state index contributed by atoms with van der Waals surface area (Å²) in [5, 5.41) is 3.06. The monoisotopic (exact) mass is 263 g/mol. The zero-order chi connectivity index (χ0) is 12.5. The number of ether oxygens (including phenoxy) is 2. The van der Waals surface area contributed by atoms with E-state index in [0.717, 1.165) is 0 Å². The van der Waals surface area contributed by atoms with Crippen LogP contribution in [0.25, 0.3) is 0 Å². The fourth-order valence-corrected chi connectivity index (χ4v) is 3.77. The standard InChI is InChI=1S/C10H17NO5S/c1-15-9(12)8-6-16-10(7-11-8)2-4-17(13,14)5-3-10/h8,11H,2-7H2,1H3. The Labute approximate surface area is 101 Å². The molecule has 2 rings (SSSR count). The van der Waals surface area contributed by atoms with Crippen molar-refractivity contribution in [2.45, 2.75) is 24.5 Å². The van der Waals surface area contributed by atoms with Crippen LogP contribution in [-0.4, -0.2) is 57.8 Å². The molecule has 0 aromatic carbocycles. The Kier molecular flexibility index (Phi) is 3.42. The Balaban J connectivity index is 1.93. The average Bonchev–Trinajstić information content (AvgIpc) is 2.34. The lowest BCUT2D eigenvalue weighted by Gasteiger charge is -2.42. The molecule has 0 aliphatic carbocycles. The first-order chi connectivity index (χ1) is 7.96. The normalized spacial score (nSPS) is 31.0. The van der Waals surface area contributed by atoms with E-state index in [2.05, 4.69) is 10.1 Å². The first kappa shape index (κ1) is 12.8. The highest BCUT2D eigenvalue weighted by Gasteiger charge is 2.42. The van der Waals surface area contributed by atoms with E-state index < -0.39 is 21.5 Å². The van der Waals surface area contributed by atoms with Crippen LogP contribution in [0.1, 0.15) is 12.8 Å². The molecule has 98 valence electrons. The molecule has 1 N–H and O–H groups in total. The minimum Gasteiger partial charge on any atom is -0.468 e. The molecule has 17 heavy (non-hydrogen) atoms. The molecule has 2 aliphatic rings. The number of methoxy groups -OCH3 is 1. The van der Waals surface area contributed by atoms with Gasteiger partial charge in [0.15, 0.2) is 9.84 Å². The summed E-state index contributed by atoms with van der Waals surface area (Å²) >= 11 is 0. The summed E-state index contributed by atoms with van der Waals surface area (Å²) in [4.78, 5) is 11.3. The first-order valence-corrected chi connectivity index (χ1v) is 7.44. The second kappa shape index (κ2) is 4.55. The van der Waals surface area contributed by atoms with Crippen LogP contribution < -0.4 is 5.32 Å². The molecule has 0 amide bonds. The van der Waals surface area contributed by atoms with Gasteiger partial charge in [-0.15, -0.1) is 0 Å². The number of carbonyl (C=O) groups excluding carboxylic acids is 1. The molecule has 0 aromatic heterocycles. The van der Waals surface area contributed by atoms with Gasteiger partial charge < -0.3 is 9.47 Å². The van der Waals surface area contributed by atoms with E-state index in [9.17, 15) is 13.2 Å². The highest BCUT2D eigenvalue weighted by molar-refractivity contribution is 7.91. The molecule has 7 heteroatoms. The van der Waals surface area contributed by atoms with Gasteiger partial charge in [-0.3, -0.25) is 10.1 Å². The Hall–Kier alpha value is -0.660. The molecule has 0 aromatic rings. The molecule has 0 radical (unpaired) electrons. The number of carbonyl (C=O) groups is 1. The predicted octanol–water partition coefficient (Wildman–Crippen LogP) is -0.905. The molecule has 1 atom stereocenters. The van der Waals surface area contributed by atoms with Crippen LogP contribution in [0, 0.1) is 0 Å². The minimum atomic E-state index is -2.89. The molecular formula is C10H17NO5S. The smallest absolute Gasteiger partial charge is 0.325 e. The van der Waals surface area contributed by atoms with Crippen LogP contribution in [0.2, 0.25) is 0 Å². The summed E-state index contributed by atoms with van der Waals surface area (Å²) in [7, 11) is -1.56. The van der Waals surface area contributed by atoms with Crippen LogP contribution in [0.5, 0.6) is 0 Å². The maximum Gasteiger partial charge on any atom is 0.325 e. The van der Waals surface area contributed by atoms with Crippen molar-refractivity contribution in [3.8, 4) is 0 Å². The van der Waals surface area contributed by atoms with Crippen molar-refractivity contribution >= 4 is 15.8 Å². The molecular weight excluding hydrogens is 246 g/mol. The van der Waals surface area contributed by atoms with Crippen LogP contribution in [0.4, 0.5) is 0 Å². The third-order valence-corrected chi connectivity index (χ3v) is 5.10. The minimum absolute atomic E-state index is 0.164. The van der Waals surface area contributed by atoms with E-state index >= 15 is 0 Å². The molecule has 2 fully saturated rings. The van der Waals surface area contributed by atoms with Gasteiger partial charge in [0.25, 0.3) is 0 Å². The van der Waals surface area contributed by atoms with E-state index in [1.807, 2.05) is 0 Å². The number of nitrogens with one attached hydrogen (secondary N) is 1. The van der Waals surface area contributed by atoms with Crippen molar-refractivity contribution < 1.29 is 22.7 Å². The fourth-order valence-electron chi connectivity index (χ4n) is 2.20. The second-order valence-corrected chi connectivity index (χ2v) is 6.91. The molecule has 1 spiro atoms. The van der Waals surface area contributed by atoms with Gasteiger partial charge in [0.05, 0.1) is 30.8 Å². The third kappa shape index (κ3) is 2.78. The van der Waals surface area contributed by atoms with Gasteiger partial charge >= 0.3 is 5.97 Å². The van der Waals surface area contributed by atoms with E-state index in [-0.39, 0.29) is 24.1 Å². The van der Waals surface area contributed by atoms with Crippen LogP contribution in [0.3, 0.4) is 0 Å². The molecule has 6 nitrogen and oxygen atoms in total. The first-order valence-electron chi connectivity index (χ1n) is 5.62. The SMILES string of the molecule is COC(=O)C1COC2(CCS(=O)(=O)CC2)CN1. The number of hydrogen-bond donors (Lipinski definition) is 1. The predicted molar refractivity (Wildman–Crippen MR) is 60.4 cm³/mol. The van der Waals surface area contributed by atoms with Crippen LogP contribution >= 0.6 is 0 Å². The summed E-state index contributed by atoms with van der Waals surface area (Å²) in [6.07, 6.45) is 0.993. The molecule has 2 aliphatic heterocycles. The lowest BCUT2D eigenvalue weighted by Crippen LogP contribution is -2.59. The second-order valence-electron chi connectivity index (χ2n) is 4.60. The number of esters is 1. The van der Waals surface area contributed by atoms with Crippen molar-refractivity contribution in [1.29, 1.82) is 0 Å². The van der Waals surface area contributed by atoms with Gasteiger partial charge in [-0.25, -0.2) is 8.42 Å². The molecule has 2 heterocycles. The van der Waals surface area contributed by atoms with Crippen LogP contribution in [-0.2, 0) is 24.1 Å². The Morgan fingerprint density at radius 1 is 1.41 bits per heavy atom. The Morgan fingerprint density at radius 3 is 2.53 bits per heavy atom. The third-order valence-electron chi connectivity index (χ3n) is 3.45. The van der Waals surface area contributed by atoms with E-state index in [1.54, 1.807) is 0 Å². The highest BCUT2D eigenvalue weighted by Crippen LogP contribution is 2.29.